The Morgan fingerprint density at radius 2 is 1.97 bits per heavy atom. The van der Waals surface area contributed by atoms with Gasteiger partial charge >= 0.3 is 6.18 Å². The van der Waals surface area contributed by atoms with Crippen molar-refractivity contribution in [3.63, 3.8) is 0 Å². The van der Waals surface area contributed by atoms with E-state index >= 15 is 4.39 Å². The van der Waals surface area contributed by atoms with Crippen molar-refractivity contribution in [1.82, 2.24) is 10.2 Å². The summed E-state index contributed by atoms with van der Waals surface area (Å²) in [7, 11) is 1.46. The van der Waals surface area contributed by atoms with E-state index in [1.165, 1.54) is 19.2 Å². The lowest BCUT2D eigenvalue weighted by Crippen LogP contribution is -2.32. The number of hydrogen-bond acceptors (Lipinski definition) is 4. The minimum Gasteiger partial charge on any atom is -0.363 e. The highest BCUT2D eigenvalue weighted by Gasteiger charge is 2.33. The summed E-state index contributed by atoms with van der Waals surface area (Å²) in [6, 6.07) is 10.1. The Kier molecular flexibility index (Phi) is 6.90. The lowest BCUT2D eigenvalue weighted by Gasteiger charge is -2.28. The summed E-state index contributed by atoms with van der Waals surface area (Å²) >= 11 is 0. The van der Waals surface area contributed by atoms with Gasteiger partial charge < -0.3 is 15.5 Å². The van der Waals surface area contributed by atoms with Crippen molar-refractivity contribution in [2.45, 2.75) is 38.0 Å². The fourth-order valence-corrected chi connectivity index (χ4v) is 4.50. The smallest absolute Gasteiger partial charge is 0.363 e. The van der Waals surface area contributed by atoms with Gasteiger partial charge in [0.1, 0.15) is 0 Å². The number of amidine groups is 1. The van der Waals surface area contributed by atoms with Crippen molar-refractivity contribution in [1.29, 1.82) is 0 Å². The Balaban J connectivity index is 1.52. The van der Waals surface area contributed by atoms with E-state index in [4.69, 9.17) is 0 Å². The van der Waals surface area contributed by atoms with Crippen LogP contribution in [0.4, 0.5) is 23.2 Å². The molecule has 4 rings (SSSR count). The molecule has 1 atom stereocenters. The van der Waals surface area contributed by atoms with Crippen LogP contribution in [0.15, 0.2) is 64.1 Å². The molecule has 2 N–H and O–H groups in total. The first-order valence-corrected chi connectivity index (χ1v) is 11.1. The first-order valence-electron chi connectivity index (χ1n) is 11.1. The molecule has 1 fully saturated rings. The number of likely N-dealkylation sites (tertiary alicyclic amines) is 1. The van der Waals surface area contributed by atoms with Gasteiger partial charge in [-0.3, -0.25) is 9.79 Å². The van der Waals surface area contributed by atoms with Gasteiger partial charge in [0.25, 0.3) is 0 Å². The second-order valence-corrected chi connectivity index (χ2v) is 8.41. The molecule has 0 aliphatic carbocycles. The number of rotatable bonds is 6. The fraction of sp³-hybridized carbons (Fsp3) is 0.320. The number of anilines is 1. The molecule has 2 aromatic rings. The molecule has 1 unspecified atom stereocenters. The van der Waals surface area contributed by atoms with Gasteiger partial charge in [0.05, 0.1) is 18.0 Å². The standard InChI is InChI=1S/C25H25F4N5O/c1-30-23(32-14-15-5-10-19-17(12-15)13-21(35)33-19)22(26)24(31-2)34-11-3-4-20(34)16-6-8-18(9-7-16)25(27,28)29/h5-10,12,20,32H,1,3-4,11,13-14H2,2H3,(H,33,35)/b23-22-,31-24?. The topological polar surface area (TPSA) is 69.1 Å². The van der Waals surface area contributed by atoms with E-state index in [2.05, 4.69) is 27.3 Å². The molecule has 1 amide bonds. The highest BCUT2D eigenvalue weighted by atomic mass is 19.4. The molecule has 0 spiro atoms. The number of nitrogens with zero attached hydrogens (tertiary/aromatic N) is 3. The van der Waals surface area contributed by atoms with Crippen molar-refractivity contribution in [3.8, 4) is 0 Å². The Labute approximate surface area is 200 Å². The number of amides is 1. The number of hydrogen-bond donors (Lipinski definition) is 2. The second-order valence-electron chi connectivity index (χ2n) is 8.41. The van der Waals surface area contributed by atoms with E-state index < -0.39 is 17.6 Å². The maximum atomic E-state index is 15.6. The summed E-state index contributed by atoms with van der Waals surface area (Å²) in [4.78, 5) is 21.3. The number of aliphatic imine (C=N–C) groups is 2. The van der Waals surface area contributed by atoms with Crippen LogP contribution in [0.1, 0.15) is 41.1 Å². The van der Waals surface area contributed by atoms with Crippen molar-refractivity contribution in [2.24, 2.45) is 9.98 Å². The third kappa shape index (κ3) is 5.21. The van der Waals surface area contributed by atoms with Crippen LogP contribution in [0.2, 0.25) is 0 Å². The average Bonchev–Trinajstić information content (AvgIpc) is 3.45. The molecule has 2 heterocycles. The van der Waals surface area contributed by atoms with Crippen LogP contribution < -0.4 is 10.6 Å². The van der Waals surface area contributed by atoms with E-state index in [-0.39, 0.29) is 30.2 Å². The van der Waals surface area contributed by atoms with Gasteiger partial charge in [-0.05, 0) is 54.4 Å². The van der Waals surface area contributed by atoms with Crippen LogP contribution >= 0.6 is 0 Å². The first-order chi connectivity index (χ1) is 16.7. The summed E-state index contributed by atoms with van der Waals surface area (Å²) in [5, 5.41) is 5.71. The summed E-state index contributed by atoms with van der Waals surface area (Å²) in [6.07, 6.45) is -2.72. The number of benzene rings is 2. The molecule has 2 aliphatic heterocycles. The van der Waals surface area contributed by atoms with Crippen molar-refractivity contribution >= 4 is 24.1 Å². The molecule has 1 saturated heterocycles. The van der Waals surface area contributed by atoms with Crippen LogP contribution in [-0.4, -0.2) is 37.0 Å². The van der Waals surface area contributed by atoms with E-state index in [1.807, 2.05) is 12.1 Å². The lowest BCUT2D eigenvalue weighted by atomic mass is 10.0. The Morgan fingerprint density at radius 3 is 2.63 bits per heavy atom. The zero-order chi connectivity index (χ0) is 25.2. The minimum absolute atomic E-state index is 0.0612. The SMILES string of the molecule is C=N/C(NCc1ccc2c(c1)CC(=O)N2)=C(/F)C(=NC)N1CCCC1c1ccc(C(F)(F)F)cc1. The largest absolute Gasteiger partial charge is 0.416 e. The van der Waals surface area contributed by atoms with Gasteiger partial charge in [-0.1, -0.05) is 24.3 Å². The maximum absolute atomic E-state index is 15.6. The summed E-state index contributed by atoms with van der Waals surface area (Å²) in [5.41, 5.74) is 2.42. The molecule has 0 saturated carbocycles. The normalized spacial score (nSPS) is 18.8. The first kappa shape index (κ1) is 24.4. The Bertz CT molecular complexity index is 1190. The highest BCUT2D eigenvalue weighted by Crippen LogP contribution is 2.36. The van der Waals surface area contributed by atoms with Crippen LogP contribution in [0.5, 0.6) is 0 Å². The van der Waals surface area contributed by atoms with E-state index in [1.54, 1.807) is 11.0 Å². The van der Waals surface area contributed by atoms with Crippen molar-refractivity contribution < 1.29 is 22.4 Å². The van der Waals surface area contributed by atoms with Gasteiger partial charge in [-0.25, -0.2) is 4.99 Å². The van der Waals surface area contributed by atoms with Crippen LogP contribution in [0.3, 0.4) is 0 Å². The number of carbonyl (C=O) groups is 1. The number of fused-ring (bicyclic) bond motifs is 1. The lowest BCUT2D eigenvalue weighted by molar-refractivity contribution is -0.137. The van der Waals surface area contributed by atoms with E-state index in [9.17, 15) is 18.0 Å². The fourth-order valence-electron chi connectivity index (χ4n) is 4.50. The molecule has 0 radical (unpaired) electrons. The number of carbonyl (C=O) groups excluding carboxylic acids is 1. The molecule has 2 aromatic carbocycles. The predicted molar refractivity (Wildman–Crippen MR) is 127 cm³/mol. The van der Waals surface area contributed by atoms with Gasteiger partial charge in [0.15, 0.2) is 11.7 Å². The van der Waals surface area contributed by atoms with Crippen molar-refractivity contribution in [3.05, 3.63) is 76.4 Å². The number of alkyl halides is 3. The molecule has 6 nitrogen and oxygen atoms in total. The van der Waals surface area contributed by atoms with Gasteiger partial charge in [0, 0.05) is 25.8 Å². The zero-order valence-electron chi connectivity index (χ0n) is 19.1. The number of nitrogens with one attached hydrogen (secondary N) is 2. The zero-order valence-corrected chi connectivity index (χ0v) is 19.1. The molecule has 2 aliphatic rings. The Hall–Kier alpha value is -3.69. The second kappa shape index (κ2) is 9.89. The summed E-state index contributed by atoms with van der Waals surface area (Å²) in [6.45, 7) is 4.22. The highest BCUT2D eigenvalue weighted by molar-refractivity contribution is 5.99. The van der Waals surface area contributed by atoms with Crippen LogP contribution in [-0.2, 0) is 23.9 Å². The molecule has 0 aromatic heterocycles. The molecule has 10 heteroatoms. The maximum Gasteiger partial charge on any atom is 0.416 e. The molecular weight excluding hydrogens is 462 g/mol. The third-order valence-electron chi connectivity index (χ3n) is 6.18. The van der Waals surface area contributed by atoms with E-state index in [0.717, 1.165) is 35.4 Å². The summed E-state index contributed by atoms with van der Waals surface area (Å²) in [5.74, 6) is -0.787. The van der Waals surface area contributed by atoms with Crippen LogP contribution in [0.25, 0.3) is 0 Å². The molecule has 0 bridgehead atoms. The van der Waals surface area contributed by atoms with Crippen molar-refractivity contribution in [2.75, 3.05) is 18.9 Å². The monoisotopic (exact) mass is 487 g/mol. The predicted octanol–water partition coefficient (Wildman–Crippen LogP) is 4.99. The van der Waals surface area contributed by atoms with E-state index in [0.29, 0.717) is 24.9 Å². The third-order valence-corrected chi connectivity index (χ3v) is 6.18. The minimum atomic E-state index is -4.42. The van der Waals surface area contributed by atoms with Gasteiger partial charge in [-0.15, -0.1) is 0 Å². The summed E-state index contributed by atoms with van der Waals surface area (Å²) < 4.78 is 54.4. The average molecular weight is 488 g/mol. The van der Waals surface area contributed by atoms with Gasteiger partial charge in [0.2, 0.25) is 11.7 Å². The van der Waals surface area contributed by atoms with Gasteiger partial charge in [-0.2, -0.15) is 17.6 Å². The molecule has 184 valence electrons. The molecule has 35 heavy (non-hydrogen) atoms. The Morgan fingerprint density at radius 1 is 1.23 bits per heavy atom. The molecular formula is C25H25F4N5O. The van der Waals surface area contributed by atoms with Crippen LogP contribution in [0, 0.1) is 0 Å². The number of halogens is 4. The quantitative estimate of drug-likeness (QED) is 0.343.